The van der Waals surface area contributed by atoms with Crippen LogP contribution in [-0.4, -0.2) is 68.1 Å². The van der Waals surface area contributed by atoms with Gasteiger partial charge in [-0.25, -0.2) is 9.58 Å². The molecule has 3 heterocycles. The summed E-state index contributed by atoms with van der Waals surface area (Å²) in [5.41, 5.74) is 4.74. The lowest BCUT2D eigenvalue weighted by atomic mass is 10.1. The summed E-state index contributed by atoms with van der Waals surface area (Å²) in [4.78, 5) is 56.4. The number of fused-ring (bicyclic) bond motifs is 1. The van der Waals surface area contributed by atoms with Crippen LogP contribution in [0.5, 0.6) is 0 Å². The number of carbonyl (C=O) groups is 4. The molecule has 0 N–H and O–H groups in total. The number of aryl methyl sites for hydroxylation is 2. The zero-order valence-electron chi connectivity index (χ0n) is 22.4. The monoisotopic (exact) mass is 612 g/mol. The topological polar surface area (TPSA) is 109 Å². The Morgan fingerprint density at radius 2 is 1.56 bits per heavy atom. The Hall–Kier alpha value is -4.64. The SMILES string of the molecule is Cc1cc(-n2cc(CN3CCN(C(=O)c4ccc(N5C(=O)c6ccccc6C5=O)cc4C)CC3=O)nn2)ccc1Br. The van der Waals surface area contributed by atoms with Crippen molar-refractivity contribution in [1.29, 1.82) is 0 Å². The highest BCUT2D eigenvalue weighted by molar-refractivity contribution is 9.10. The fraction of sp³-hybridized carbons (Fsp3) is 0.200. The Morgan fingerprint density at radius 3 is 2.22 bits per heavy atom. The summed E-state index contributed by atoms with van der Waals surface area (Å²) in [6.07, 6.45) is 1.80. The molecule has 2 aliphatic heterocycles. The van der Waals surface area contributed by atoms with Crippen molar-refractivity contribution in [2.24, 2.45) is 0 Å². The van der Waals surface area contributed by atoms with Crippen molar-refractivity contribution in [3.8, 4) is 5.69 Å². The third kappa shape index (κ3) is 4.82. The second-order valence-corrected chi connectivity index (χ2v) is 11.0. The molecule has 206 valence electrons. The van der Waals surface area contributed by atoms with Crippen LogP contribution in [0, 0.1) is 13.8 Å². The minimum atomic E-state index is -0.391. The van der Waals surface area contributed by atoms with E-state index in [1.54, 1.807) is 65.2 Å². The van der Waals surface area contributed by atoms with E-state index in [1.807, 2.05) is 25.1 Å². The first kappa shape index (κ1) is 26.6. The van der Waals surface area contributed by atoms with Gasteiger partial charge in [-0.1, -0.05) is 33.3 Å². The smallest absolute Gasteiger partial charge is 0.266 e. The lowest BCUT2D eigenvalue weighted by Crippen LogP contribution is -2.51. The molecule has 0 aliphatic carbocycles. The molecule has 0 unspecified atom stereocenters. The number of rotatable bonds is 5. The Kier molecular flexibility index (Phi) is 6.74. The van der Waals surface area contributed by atoms with Gasteiger partial charge in [0.1, 0.15) is 12.2 Å². The predicted molar refractivity (Wildman–Crippen MR) is 154 cm³/mol. The van der Waals surface area contributed by atoms with E-state index in [9.17, 15) is 19.2 Å². The predicted octanol–water partition coefficient (Wildman–Crippen LogP) is 3.93. The number of nitrogens with zero attached hydrogens (tertiary/aromatic N) is 6. The first-order chi connectivity index (χ1) is 19.7. The molecule has 0 saturated carbocycles. The zero-order chi connectivity index (χ0) is 28.8. The van der Waals surface area contributed by atoms with Gasteiger partial charge < -0.3 is 9.80 Å². The molecule has 1 aromatic heterocycles. The lowest BCUT2D eigenvalue weighted by molar-refractivity contribution is -0.135. The number of halogens is 1. The van der Waals surface area contributed by atoms with E-state index in [0.717, 1.165) is 20.6 Å². The average Bonchev–Trinajstić information content (AvgIpc) is 3.53. The molecule has 0 radical (unpaired) electrons. The number of anilines is 1. The number of benzene rings is 3. The molecule has 1 fully saturated rings. The van der Waals surface area contributed by atoms with Crippen molar-refractivity contribution in [3.05, 3.63) is 105 Å². The highest BCUT2D eigenvalue weighted by Gasteiger charge is 2.37. The molecule has 4 amide bonds. The maximum absolute atomic E-state index is 13.4. The zero-order valence-corrected chi connectivity index (χ0v) is 24.0. The van der Waals surface area contributed by atoms with Gasteiger partial charge >= 0.3 is 0 Å². The largest absolute Gasteiger partial charge is 0.333 e. The van der Waals surface area contributed by atoms with Crippen LogP contribution < -0.4 is 4.90 Å². The molecule has 3 aromatic carbocycles. The van der Waals surface area contributed by atoms with Gasteiger partial charge in [0.05, 0.1) is 35.2 Å². The fourth-order valence-electron chi connectivity index (χ4n) is 5.13. The lowest BCUT2D eigenvalue weighted by Gasteiger charge is -2.34. The number of imide groups is 1. The number of hydrogen-bond acceptors (Lipinski definition) is 6. The van der Waals surface area contributed by atoms with Crippen LogP contribution in [0.1, 0.15) is 47.9 Å². The highest BCUT2D eigenvalue weighted by atomic mass is 79.9. The van der Waals surface area contributed by atoms with Crippen molar-refractivity contribution in [2.75, 3.05) is 24.5 Å². The third-order valence-electron chi connectivity index (χ3n) is 7.40. The van der Waals surface area contributed by atoms with Gasteiger partial charge in [-0.3, -0.25) is 19.2 Å². The molecule has 6 rings (SSSR count). The van der Waals surface area contributed by atoms with Gasteiger partial charge in [0, 0.05) is 23.1 Å². The molecule has 0 spiro atoms. The van der Waals surface area contributed by atoms with Crippen molar-refractivity contribution in [2.45, 2.75) is 20.4 Å². The van der Waals surface area contributed by atoms with Crippen molar-refractivity contribution < 1.29 is 19.2 Å². The van der Waals surface area contributed by atoms with Crippen LogP contribution >= 0.6 is 15.9 Å². The van der Waals surface area contributed by atoms with Gasteiger partial charge in [0.15, 0.2) is 0 Å². The Bertz CT molecular complexity index is 1710. The highest BCUT2D eigenvalue weighted by Crippen LogP contribution is 2.30. The van der Waals surface area contributed by atoms with Crippen LogP contribution in [0.25, 0.3) is 5.69 Å². The summed E-state index contributed by atoms with van der Waals surface area (Å²) >= 11 is 3.50. The number of hydrogen-bond donors (Lipinski definition) is 0. The molecule has 4 aromatic rings. The Morgan fingerprint density at radius 1 is 0.878 bits per heavy atom. The quantitative estimate of drug-likeness (QED) is 0.316. The first-order valence-electron chi connectivity index (χ1n) is 13.0. The molecule has 0 bridgehead atoms. The maximum Gasteiger partial charge on any atom is 0.266 e. The Balaban J connectivity index is 1.11. The minimum Gasteiger partial charge on any atom is -0.333 e. The maximum atomic E-state index is 13.4. The van der Waals surface area contributed by atoms with E-state index < -0.39 is 11.8 Å². The summed E-state index contributed by atoms with van der Waals surface area (Å²) in [6, 6.07) is 17.4. The number of carbonyl (C=O) groups excluding carboxylic acids is 4. The number of aromatic nitrogens is 3. The van der Waals surface area contributed by atoms with E-state index >= 15 is 0 Å². The van der Waals surface area contributed by atoms with Crippen LogP contribution in [0.4, 0.5) is 5.69 Å². The summed E-state index contributed by atoms with van der Waals surface area (Å²) < 4.78 is 2.68. The average molecular weight is 613 g/mol. The van der Waals surface area contributed by atoms with E-state index in [2.05, 4.69) is 26.2 Å². The summed E-state index contributed by atoms with van der Waals surface area (Å²) in [6.45, 7) is 4.71. The van der Waals surface area contributed by atoms with E-state index in [-0.39, 0.29) is 18.4 Å². The van der Waals surface area contributed by atoms with Gasteiger partial charge in [-0.05, 0) is 73.5 Å². The standard InChI is InChI=1S/C30H25BrN6O4/c1-18-13-22(37-29(40)24-5-3-4-6-25(24)30(37)41)7-9-23(18)28(39)35-12-11-34(27(38)17-35)15-20-16-36(33-32-20)21-8-10-26(31)19(2)14-21/h3-10,13-14,16H,11-12,15,17H2,1-2H3. The summed E-state index contributed by atoms with van der Waals surface area (Å²) in [7, 11) is 0. The Labute approximate surface area is 244 Å². The minimum absolute atomic E-state index is 0.0571. The van der Waals surface area contributed by atoms with Crippen LogP contribution in [0.2, 0.25) is 0 Å². The second kappa shape index (κ2) is 10.4. The molecule has 41 heavy (non-hydrogen) atoms. The fourth-order valence-corrected chi connectivity index (χ4v) is 5.38. The van der Waals surface area contributed by atoms with Gasteiger partial charge in [-0.2, -0.15) is 0 Å². The van der Waals surface area contributed by atoms with E-state index in [0.29, 0.717) is 53.3 Å². The van der Waals surface area contributed by atoms with Crippen molar-refractivity contribution >= 4 is 45.2 Å². The summed E-state index contributed by atoms with van der Waals surface area (Å²) in [5, 5.41) is 8.43. The van der Waals surface area contributed by atoms with Crippen LogP contribution in [0.3, 0.4) is 0 Å². The molecule has 11 heteroatoms. The molecular weight excluding hydrogens is 588 g/mol. The van der Waals surface area contributed by atoms with Gasteiger partial charge in [0.25, 0.3) is 17.7 Å². The van der Waals surface area contributed by atoms with Crippen LogP contribution in [0.15, 0.2) is 71.3 Å². The normalized spacial score (nSPS) is 15.1. The van der Waals surface area contributed by atoms with Crippen LogP contribution in [-0.2, 0) is 11.3 Å². The van der Waals surface area contributed by atoms with Crippen molar-refractivity contribution in [3.63, 3.8) is 0 Å². The number of amides is 4. The molecule has 2 aliphatic rings. The van der Waals surface area contributed by atoms with Gasteiger partial charge in [0.2, 0.25) is 5.91 Å². The molecule has 1 saturated heterocycles. The number of piperazine rings is 1. The third-order valence-corrected chi connectivity index (χ3v) is 8.29. The van der Waals surface area contributed by atoms with E-state index in [1.165, 1.54) is 4.90 Å². The summed E-state index contributed by atoms with van der Waals surface area (Å²) in [5.74, 6) is -1.24. The van der Waals surface area contributed by atoms with E-state index in [4.69, 9.17) is 0 Å². The van der Waals surface area contributed by atoms with Crippen molar-refractivity contribution in [1.82, 2.24) is 24.8 Å². The van der Waals surface area contributed by atoms with Gasteiger partial charge in [-0.15, -0.1) is 5.10 Å². The molecule has 10 nitrogen and oxygen atoms in total. The first-order valence-corrected chi connectivity index (χ1v) is 13.8. The second-order valence-electron chi connectivity index (χ2n) is 10.1. The molecular formula is C30H25BrN6O4. The molecule has 0 atom stereocenters.